The number of benzene rings is 1. The van der Waals surface area contributed by atoms with E-state index in [-0.39, 0.29) is 18.2 Å². The predicted octanol–water partition coefficient (Wildman–Crippen LogP) is 3.98. The van der Waals surface area contributed by atoms with Crippen LogP contribution in [0.1, 0.15) is 36.0 Å². The van der Waals surface area contributed by atoms with Gasteiger partial charge in [0.05, 0.1) is 5.56 Å². The van der Waals surface area contributed by atoms with Gasteiger partial charge in [-0.25, -0.2) is 4.98 Å². The Bertz CT molecular complexity index is 725. The van der Waals surface area contributed by atoms with E-state index in [0.717, 1.165) is 23.5 Å². The molecule has 1 amide bonds. The molecule has 1 aromatic heterocycles. The molecule has 2 aromatic rings. The number of aromatic nitrogens is 1. The maximum atomic E-state index is 12.6. The zero-order valence-corrected chi connectivity index (χ0v) is 15.0. The Morgan fingerprint density at radius 3 is 2.31 bits per heavy atom. The Labute approximate surface area is 151 Å². The Kier molecular flexibility index (Phi) is 6.23. The van der Waals surface area contributed by atoms with Crippen molar-refractivity contribution in [2.75, 3.05) is 19.0 Å². The van der Waals surface area contributed by atoms with E-state index in [1.807, 2.05) is 38.1 Å². The number of nitrogens with one attached hydrogen (secondary N) is 1. The Hall–Kier alpha value is -2.57. The quantitative estimate of drug-likeness (QED) is 0.842. The normalized spacial score (nSPS) is 12.5. The first kappa shape index (κ1) is 19.8. The zero-order chi connectivity index (χ0) is 19.3. The minimum absolute atomic E-state index is 0.158. The van der Waals surface area contributed by atoms with E-state index < -0.39 is 11.7 Å². The number of halogens is 3. The number of amides is 1. The molecule has 0 spiro atoms. The van der Waals surface area contributed by atoms with Crippen LogP contribution in [0.2, 0.25) is 0 Å². The van der Waals surface area contributed by atoms with Crippen molar-refractivity contribution < 1.29 is 18.0 Å². The van der Waals surface area contributed by atoms with E-state index in [1.165, 1.54) is 12.1 Å². The maximum absolute atomic E-state index is 12.6. The summed E-state index contributed by atoms with van der Waals surface area (Å²) in [4.78, 5) is 18.2. The van der Waals surface area contributed by atoms with Gasteiger partial charge in [0.15, 0.2) is 0 Å². The van der Waals surface area contributed by atoms with Crippen molar-refractivity contribution in [2.45, 2.75) is 32.0 Å². The highest BCUT2D eigenvalue weighted by molar-refractivity contribution is 5.76. The molecule has 0 aliphatic rings. The molecule has 0 bridgehead atoms. The average Bonchev–Trinajstić information content (AvgIpc) is 2.59. The number of carbonyl (C=O) groups is 1. The molecule has 0 fully saturated rings. The molecule has 2 rings (SSSR count). The van der Waals surface area contributed by atoms with Crippen molar-refractivity contribution in [2.24, 2.45) is 0 Å². The Morgan fingerprint density at radius 2 is 1.81 bits per heavy atom. The molecule has 0 radical (unpaired) electrons. The Morgan fingerprint density at radius 1 is 1.15 bits per heavy atom. The fourth-order valence-electron chi connectivity index (χ4n) is 2.46. The molecule has 140 valence electrons. The Balaban J connectivity index is 1.86. The van der Waals surface area contributed by atoms with E-state index in [0.29, 0.717) is 12.1 Å². The highest BCUT2D eigenvalue weighted by Crippen LogP contribution is 2.30. The van der Waals surface area contributed by atoms with Crippen LogP contribution in [0, 0.1) is 0 Å². The summed E-state index contributed by atoms with van der Waals surface area (Å²) in [5.74, 6) is 0.497. The molecule has 0 saturated carbocycles. The number of alkyl halides is 3. The van der Waals surface area contributed by atoms with Gasteiger partial charge in [-0.15, -0.1) is 0 Å². The fraction of sp³-hybridized carbons (Fsp3) is 0.368. The van der Waals surface area contributed by atoms with Gasteiger partial charge in [0.1, 0.15) is 5.82 Å². The summed E-state index contributed by atoms with van der Waals surface area (Å²) in [5.41, 5.74) is 0.892. The first-order valence-electron chi connectivity index (χ1n) is 8.23. The molecule has 1 aromatic carbocycles. The van der Waals surface area contributed by atoms with Gasteiger partial charge in [-0.1, -0.05) is 25.1 Å². The summed E-state index contributed by atoms with van der Waals surface area (Å²) in [7, 11) is 3.79. The average molecular weight is 365 g/mol. The lowest BCUT2D eigenvalue weighted by molar-refractivity contribution is -0.137. The second-order valence-electron chi connectivity index (χ2n) is 6.42. The van der Waals surface area contributed by atoms with E-state index in [1.54, 1.807) is 6.20 Å². The smallest absolute Gasteiger partial charge is 0.363 e. The topological polar surface area (TPSA) is 45.2 Å². The van der Waals surface area contributed by atoms with Gasteiger partial charge < -0.3 is 10.2 Å². The molecule has 1 unspecified atom stereocenters. The van der Waals surface area contributed by atoms with Gasteiger partial charge in [-0.05, 0) is 35.2 Å². The number of hydrogen-bond donors (Lipinski definition) is 1. The minimum Gasteiger partial charge on any atom is -0.363 e. The summed E-state index contributed by atoms with van der Waals surface area (Å²) in [6.45, 7) is 2.18. The van der Waals surface area contributed by atoms with Crippen molar-refractivity contribution in [1.29, 1.82) is 0 Å². The van der Waals surface area contributed by atoms with Crippen LogP contribution in [0.3, 0.4) is 0 Å². The second-order valence-corrected chi connectivity index (χ2v) is 6.42. The molecular formula is C19H22F3N3O. The zero-order valence-electron chi connectivity index (χ0n) is 15.0. The number of carbonyl (C=O) groups excluding carboxylic acids is 1. The SMILES string of the molecule is CC(CC(=O)NCc1ccc(N(C)C)nc1)c1ccc(C(F)(F)F)cc1. The molecule has 0 aliphatic carbocycles. The third-order valence-electron chi connectivity index (χ3n) is 4.06. The van der Waals surface area contributed by atoms with E-state index >= 15 is 0 Å². The molecule has 1 atom stereocenters. The van der Waals surface area contributed by atoms with Crippen molar-refractivity contribution >= 4 is 11.7 Å². The minimum atomic E-state index is -4.35. The van der Waals surface area contributed by atoms with E-state index in [2.05, 4.69) is 10.3 Å². The number of rotatable bonds is 6. The van der Waals surface area contributed by atoms with Crippen LogP contribution in [0.5, 0.6) is 0 Å². The van der Waals surface area contributed by atoms with Crippen LogP contribution in [-0.2, 0) is 17.5 Å². The highest BCUT2D eigenvalue weighted by Gasteiger charge is 2.30. The summed E-state index contributed by atoms with van der Waals surface area (Å²) in [5, 5.41) is 2.81. The number of hydrogen-bond acceptors (Lipinski definition) is 3. The lowest BCUT2D eigenvalue weighted by Crippen LogP contribution is -2.24. The molecule has 26 heavy (non-hydrogen) atoms. The van der Waals surface area contributed by atoms with Gasteiger partial charge in [-0.3, -0.25) is 4.79 Å². The summed E-state index contributed by atoms with van der Waals surface area (Å²) in [6, 6.07) is 8.69. The molecule has 0 aliphatic heterocycles. The highest BCUT2D eigenvalue weighted by atomic mass is 19.4. The van der Waals surface area contributed by atoms with Gasteiger partial charge in [0, 0.05) is 33.3 Å². The fourth-order valence-corrected chi connectivity index (χ4v) is 2.46. The first-order chi connectivity index (χ1) is 12.2. The summed E-state index contributed by atoms with van der Waals surface area (Å²) in [6.07, 6.45) is -2.45. The van der Waals surface area contributed by atoms with Crippen LogP contribution in [0.25, 0.3) is 0 Å². The van der Waals surface area contributed by atoms with Crippen molar-refractivity contribution in [3.05, 3.63) is 59.3 Å². The molecule has 1 N–H and O–H groups in total. The second kappa shape index (κ2) is 8.21. The summed E-state index contributed by atoms with van der Waals surface area (Å²) >= 11 is 0. The monoisotopic (exact) mass is 365 g/mol. The standard InChI is InChI=1S/C19H22F3N3O/c1-13(15-5-7-16(8-6-15)19(20,21)22)10-18(26)24-12-14-4-9-17(23-11-14)25(2)3/h4-9,11,13H,10,12H2,1-3H3,(H,24,26). The van der Waals surface area contributed by atoms with Crippen LogP contribution in [0.4, 0.5) is 19.0 Å². The van der Waals surface area contributed by atoms with Crippen molar-refractivity contribution in [3.8, 4) is 0 Å². The third-order valence-corrected chi connectivity index (χ3v) is 4.06. The van der Waals surface area contributed by atoms with E-state index in [9.17, 15) is 18.0 Å². The predicted molar refractivity (Wildman–Crippen MR) is 94.9 cm³/mol. The number of anilines is 1. The molecular weight excluding hydrogens is 343 g/mol. The lowest BCUT2D eigenvalue weighted by atomic mass is 9.96. The van der Waals surface area contributed by atoms with Gasteiger partial charge in [-0.2, -0.15) is 13.2 Å². The largest absolute Gasteiger partial charge is 0.416 e. The number of pyridine rings is 1. The third kappa shape index (κ3) is 5.47. The van der Waals surface area contributed by atoms with Gasteiger partial charge in [0.25, 0.3) is 0 Å². The first-order valence-corrected chi connectivity index (χ1v) is 8.23. The van der Waals surface area contributed by atoms with Crippen LogP contribution >= 0.6 is 0 Å². The van der Waals surface area contributed by atoms with Gasteiger partial charge in [0.2, 0.25) is 5.91 Å². The maximum Gasteiger partial charge on any atom is 0.416 e. The van der Waals surface area contributed by atoms with Crippen molar-refractivity contribution in [3.63, 3.8) is 0 Å². The van der Waals surface area contributed by atoms with Gasteiger partial charge >= 0.3 is 6.18 Å². The molecule has 7 heteroatoms. The summed E-state index contributed by atoms with van der Waals surface area (Å²) < 4.78 is 37.8. The molecule has 1 heterocycles. The molecule has 4 nitrogen and oxygen atoms in total. The van der Waals surface area contributed by atoms with E-state index in [4.69, 9.17) is 0 Å². The molecule has 0 saturated heterocycles. The lowest BCUT2D eigenvalue weighted by Gasteiger charge is -2.14. The number of nitrogens with zero attached hydrogens (tertiary/aromatic N) is 2. The van der Waals surface area contributed by atoms with Crippen LogP contribution in [-0.4, -0.2) is 25.0 Å². The van der Waals surface area contributed by atoms with Crippen molar-refractivity contribution in [1.82, 2.24) is 10.3 Å². The van der Waals surface area contributed by atoms with Crippen LogP contribution < -0.4 is 10.2 Å². The van der Waals surface area contributed by atoms with Crippen LogP contribution in [0.15, 0.2) is 42.6 Å².